The molecule has 0 saturated carbocycles. The molecule has 0 unspecified atom stereocenters. The molecule has 3 N–H and O–H groups in total. The van der Waals surface area contributed by atoms with Crippen molar-refractivity contribution in [1.29, 1.82) is 0 Å². The van der Waals surface area contributed by atoms with Crippen molar-refractivity contribution in [2.45, 2.75) is 19.4 Å². The first-order chi connectivity index (χ1) is 11.6. The maximum Gasteiger partial charge on any atom is 0.228 e. The number of ether oxygens (including phenoxy) is 1. The first-order valence-corrected chi connectivity index (χ1v) is 7.54. The Labute approximate surface area is 139 Å². The summed E-state index contributed by atoms with van der Waals surface area (Å²) in [5.41, 5.74) is 7.49. The Hall–Kier alpha value is -2.77. The third-order valence-electron chi connectivity index (χ3n) is 3.34. The molecule has 24 heavy (non-hydrogen) atoms. The molecule has 2 heterocycles. The molecule has 1 atom stereocenters. The second kappa shape index (κ2) is 7.20. The number of aliphatic hydroxyl groups excluding tert-OH is 1. The van der Waals surface area contributed by atoms with E-state index in [-0.39, 0.29) is 6.61 Å². The molecule has 3 rings (SSSR count). The van der Waals surface area contributed by atoms with Crippen molar-refractivity contribution in [3.63, 3.8) is 0 Å². The maximum absolute atomic E-state index is 8.98. The number of rotatable bonds is 6. The summed E-state index contributed by atoms with van der Waals surface area (Å²) >= 11 is 0. The van der Waals surface area contributed by atoms with Gasteiger partial charge in [-0.05, 0) is 24.6 Å². The first kappa shape index (κ1) is 16.1. The average Bonchev–Trinajstić information content (AvgIpc) is 3.05. The van der Waals surface area contributed by atoms with Crippen LogP contribution in [0.4, 0.5) is 0 Å². The van der Waals surface area contributed by atoms with Gasteiger partial charge in [-0.25, -0.2) is 4.98 Å². The minimum atomic E-state index is -0.416. The van der Waals surface area contributed by atoms with Gasteiger partial charge in [0.1, 0.15) is 5.75 Å². The SMILES string of the molecule is Cc1ccc(Oc2cccc(-c3noc(C[C@H](N)CO)n3)c2)nc1. The van der Waals surface area contributed by atoms with Crippen LogP contribution in [0.3, 0.4) is 0 Å². The van der Waals surface area contributed by atoms with Crippen LogP contribution in [-0.4, -0.2) is 32.9 Å². The quantitative estimate of drug-likeness (QED) is 0.714. The highest BCUT2D eigenvalue weighted by molar-refractivity contribution is 5.57. The van der Waals surface area contributed by atoms with E-state index in [2.05, 4.69) is 15.1 Å². The van der Waals surface area contributed by atoms with Crippen LogP contribution < -0.4 is 10.5 Å². The van der Waals surface area contributed by atoms with Crippen LogP contribution in [0, 0.1) is 6.92 Å². The fourth-order valence-corrected chi connectivity index (χ4v) is 2.08. The van der Waals surface area contributed by atoms with Crippen LogP contribution in [0.25, 0.3) is 11.4 Å². The highest BCUT2D eigenvalue weighted by atomic mass is 16.5. The Morgan fingerprint density at radius 1 is 1.29 bits per heavy atom. The number of pyridine rings is 1. The van der Waals surface area contributed by atoms with E-state index in [1.54, 1.807) is 6.20 Å². The summed E-state index contributed by atoms with van der Waals surface area (Å²) in [6, 6.07) is 10.7. The third-order valence-corrected chi connectivity index (χ3v) is 3.34. The van der Waals surface area contributed by atoms with Gasteiger partial charge in [0.15, 0.2) is 0 Å². The zero-order valence-corrected chi connectivity index (χ0v) is 13.2. The number of aliphatic hydroxyl groups is 1. The molecule has 0 amide bonds. The predicted octanol–water partition coefficient (Wildman–Crippen LogP) is 2.09. The number of hydrogen-bond acceptors (Lipinski definition) is 7. The Bertz CT molecular complexity index is 802. The van der Waals surface area contributed by atoms with E-state index < -0.39 is 6.04 Å². The standard InChI is InChI=1S/C17H18N4O3/c1-11-5-6-15(19-9-11)23-14-4-2-3-12(7-14)17-20-16(24-21-17)8-13(18)10-22/h2-7,9,13,22H,8,10,18H2,1H3/t13-/m0/s1. The van der Waals surface area contributed by atoms with Crippen molar-refractivity contribution in [3.8, 4) is 23.0 Å². The smallest absolute Gasteiger partial charge is 0.228 e. The van der Waals surface area contributed by atoms with Gasteiger partial charge < -0.3 is 20.1 Å². The molecule has 7 heteroatoms. The number of nitrogens with zero attached hydrogens (tertiary/aromatic N) is 3. The zero-order chi connectivity index (χ0) is 16.9. The van der Waals surface area contributed by atoms with Crippen LogP contribution in [0.15, 0.2) is 47.1 Å². The highest BCUT2D eigenvalue weighted by Crippen LogP contribution is 2.25. The summed E-state index contributed by atoms with van der Waals surface area (Å²) in [4.78, 5) is 8.50. The van der Waals surface area contributed by atoms with E-state index in [1.807, 2.05) is 43.3 Å². The topological polar surface area (TPSA) is 107 Å². The molecule has 7 nitrogen and oxygen atoms in total. The summed E-state index contributed by atoms with van der Waals surface area (Å²) in [6.45, 7) is 1.83. The molecule has 0 radical (unpaired) electrons. The summed E-state index contributed by atoms with van der Waals surface area (Å²) < 4.78 is 10.9. The van der Waals surface area contributed by atoms with Gasteiger partial charge in [-0.2, -0.15) is 4.98 Å². The van der Waals surface area contributed by atoms with Gasteiger partial charge in [-0.1, -0.05) is 23.4 Å². The minimum absolute atomic E-state index is 0.134. The minimum Gasteiger partial charge on any atom is -0.439 e. The van der Waals surface area contributed by atoms with Gasteiger partial charge >= 0.3 is 0 Å². The molecular weight excluding hydrogens is 308 g/mol. The second-order valence-corrected chi connectivity index (χ2v) is 5.46. The lowest BCUT2D eigenvalue weighted by Crippen LogP contribution is -2.26. The largest absolute Gasteiger partial charge is 0.439 e. The fraction of sp³-hybridized carbons (Fsp3) is 0.235. The average molecular weight is 326 g/mol. The Morgan fingerprint density at radius 2 is 2.17 bits per heavy atom. The summed E-state index contributed by atoms with van der Waals surface area (Å²) in [6.07, 6.45) is 2.07. The van der Waals surface area contributed by atoms with Gasteiger partial charge in [0.05, 0.1) is 6.61 Å². The van der Waals surface area contributed by atoms with E-state index in [0.717, 1.165) is 11.1 Å². The molecule has 1 aromatic carbocycles. The molecule has 124 valence electrons. The molecule has 0 fully saturated rings. The molecule has 0 saturated heterocycles. The van der Waals surface area contributed by atoms with Gasteiger partial charge in [0, 0.05) is 30.3 Å². The Morgan fingerprint density at radius 3 is 2.92 bits per heavy atom. The van der Waals surface area contributed by atoms with Crippen molar-refractivity contribution in [1.82, 2.24) is 15.1 Å². The predicted molar refractivity (Wildman–Crippen MR) is 87.5 cm³/mol. The Balaban J connectivity index is 1.76. The van der Waals surface area contributed by atoms with E-state index in [0.29, 0.717) is 29.8 Å². The van der Waals surface area contributed by atoms with E-state index in [4.69, 9.17) is 20.1 Å². The number of aryl methyl sites for hydroxylation is 1. The molecule has 0 aliphatic heterocycles. The lowest BCUT2D eigenvalue weighted by atomic mass is 10.2. The lowest BCUT2D eigenvalue weighted by molar-refractivity contribution is 0.254. The van der Waals surface area contributed by atoms with Gasteiger partial charge in [-0.3, -0.25) is 0 Å². The normalized spacial score (nSPS) is 12.1. The van der Waals surface area contributed by atoms with E-state index in [9.17, 15) is 0 Å². The van der Waals surface area contributed by atoms with E-state index >= 15 is 0 Å². The second-order valence-electron chi connectivity index (χ2n) is 5.46. The number of aromatic nitrogens is 3. The third kappa shape index (κ3) is 3.95. The van der Waals surface area contributed by atoms with Gasteiger partial charge in [-0.15, -0.1) is 0 Å². The van der Waals surface area contributed by atoms with Gasteiger partial charge in [0.2, 0.25) is 17.6 Å². The van der Waals surface area contributed by atoms with Crippen LogP contribution in [0.2, 0.25) is 0 Å². The van der Waals surface area contributed by atoms with Crippen molar-refractivity contribution >= 4 is 0 Å². The van der Waals surface area contributed by atoms with Crippen LogP contribution in [0.5, 0.6) is 11.6 Å². The summed E-state index contributed by atoms with van der Waals surface area (Å²) in [7, 11) is 0. The Kier molecular flexibility index (Phi) is 4.83. The molecule has 0 spiro atoms. The number of benzene rings is 1. The summed E-state index contributed by atoms with van der Waals surface area (Å²) in [5, 5.41) is 12.9. The molecule has 3 aromatic rings. The molecule has 0 aliphatic carbocycles. The van der Waals surface area contributed by atoms with Crippen LogP contribution >= 0.6 is 0 Å². The highest BCUT2D eigenvalue weighted by Gasteiger charge is 2.12. The molecule has 2 aromatic heterocycles. The van der Waals surface area contributed by atoms with Crippen molar-refractivity contribution in [2.24, 2.45) is 5.73 Å². The molecule has 0 aliphatic rings. The van der Waals surface area contributed by atoms with Crippen LogP contribution in [-0.2, 0) is 6.42 Å². The number of nitrogens with two attached hydrogens (primary N) is 1. The van der Waals surface area contributed by atoms with Crippen molar-refractivity contribution < 1.29 is 14.4 Å². The van der Waals surface area contributed by atoms with Crippen LogP contribution in [0.1, 0.15) is 11.5 Å². The molecular formula is C17H18N4O3. The molecule has 0 bridgehead atoms. The lowest BCUT2D eigenvalue weighted by Gasteiger charge is -2.05. The van der Waals surface area contributed by atoms with Crippen molar-refractivity contribution in [2.75, 3.05) is 6.61 Å². The van der Waals surface area contributed by atoms with Gasteiger partial charge in [0.25, 0.3) is 0 Å². The van der Waals surface area contributed by atoms with E-state index in [1.165, 1.54) is 0 Å². The zero-order valence-electron chi connectivity index (χ0n) is 13.2. The summed E-state index contributed by atoms with van der Waals surface area (Å²) in [5.74, 6) is 1.97. The fourth-order valence-electron chi connectivity index (χ4n) is 2.08. The maximum atomic E-state index is 8.98. The monoisotopic (exact) mass is 326 g/mol. The number of hydrogen-bond donors (Lipinski definition) is 2. The first-order valence-electron chi connectivity index (χ1n) is 7.54. The van der Waals surface area contributed by atoms with Crippen molar-refractivity contribution in [3.05, 3.63) is 54.0 Å².